The summed E-state index contributed by atoms with van der Waals surface area (Å²) in [5.41, 5.74) is 5.63. The zero-order valence-corrected chi connectivity index (χ0v) is 11.3. The number of carbonyl (C=O) groups excluding carboxylic acids is 1. The summed E-state index contributed by atoms with van der Waals surface area (Å²) in [7, 11) is 1.69. The second kappa shape index (κ2) is 6.93. The Hall–Kier alpha value is -0.650. The first-order chi connectivity index (χ1) is 8.08. The predicted molar refractivity (Wildman–Crippen MR) is 69.8 cm³/mol. The monoisotopic (exact) mass is 242 g/mol. The summed E-state index contributed by atoms with van der Waals surface area (Å²) in [6.45, 7) is 9.96. The Morgan fingerprint density at radius 1 is 1.29 bits per heavy atom. The summed E-state index contributed by atoms with van der Waals surface area (Å²) in [6, 6.07) is -0.0194. The Kier molecular flexibility index (Phi) is 5.88. The van der Waals surface area contributed by atoms with Crippen molar-refractivity contribution >= 4 is 5.91 Å². The highest BCUT2D eigenvalue weighted by atomic mass is 16.2. The Labute approximate surface area is 104 Å². The molecule has 1 fully saturated rings. The van der Waals surface area contributed by atoms with E-state index < -0.39 is 0 Å². The summed E-state index contributed by atoms with van der Waals surface area (Å²) < 4.78 is 0. The van der Waals surface area contributed by atoms with Crippen LogP contribution in [-0.2, 0) is 4.79 Å². The molecule has 2 atom stereocenters. The first-order valence-corrected chi connectivity index (χ1v) is 6.46. The van der Waals surface area contributed by atoms with E-state index in [2.05, 4.69) is 22.0 Å². The van der Waals surface area contributed by atoms with Crippen LogP contribution in [0, 0.1) is 5.92 Å². The minimum Gasteiger partial charge on any atom is -0.358 e. The number of amides is 1. The molecule has 0 aromatic rings. The van der Waals surface area contributed by atoms with Gasteiger partial charge in [0.25, 0.3) is 0 Å². The minimum absolute atomic E-state index is 0.0194. The molecule has 0 aliphatic carbocycles. The fraction of sp³-hybridized carbons (Fsp3) is 0.917. The Bertz CT molecular complexity index is 239. The van der Waals surface area contributed by atoms with Crippen molar-refractivity contribution in [1.82, 2.24) is 15.1 Å². The van der Waals surface area contributed by atoms with Crippen LogP contribution in [0.3, 0.4) is 0 Å². The van der Waals surface area contributed by atoms with Crippen molar-refractivity contribution in [1.29, 1.82) is 0 Å². The minimum atomic E-state index is -0.0194. The van der Waals surface area contributed by atoms with Gasteiger partial charge in [-0.3, -0.25) is 9.69 Å². The lowest BCUT2D eigenvalue weighted by Crippen LogP contribution is -2.54. The number of carbonyl (C=O) groups is 1. The van der Waals surface area contributed by atoms with E-state index in [0.717, 1.165) is 39.3 Å². The summed E-state index contributed by atoms with van der Waals surface area (Å²) >= 11 is 0. The van der Waals surface area contributed by atoms with Crippen LogP contribution < -0.4 is 11.1 Å². The maximum Gasteiger partial charge on any atom is 0.236 e. The normalized spacial score (nSPS) is 22.1. The molecule has 2 unspecified atom stereocenters. The number of rotatable bonds is 5. The molecule has 1 aliphatic rings. The number of piperazine rings is 1. The Morgan fingerprint density at radius 3 is 2.35 bits per heavy atom. The average Bonchev–Trinajstić information content (AvgIpc) is 2.37. The topological polar surface area (TPSA) is 61.6 Å². The zero-order chi connectivity index (χ0) is 12.8. The second-order valence-corrected chi connectivity index (χ2v) is 4.97. The van der Waals surface area contributed by atoms with Gasteiger partial charge in [0, 0.05) is 39.8 Å². The lowest BCUT2D eigenvalue weighted by Gasteiger charge is -2.38. The molecule has 1 amide bonds. The zero-order valence-electron chi connectivity index (χ0n) is 11.3. The van der Waals surface area contributed by atoms with Gasteiger partial charge >= 0.3 is 0 Å². The van der Waals surface area contributed by atoms with Gasteiger partial charge in [0.15, 0.2) is 0 Å². The van der Waals surface area contributed by atoms with Crippen LogP contribution in [0.1, 0.15) is 13.8 Å². The molecule has 0 aromatic carbocycles. The van der Waals surface area contributed by atoms with Crippen molar-refractivity contribution in [2.75, 3.05) is 46.3 Å². The van der Waals surface area contributed by atoms with E-state index in [-0.39, 0.29) is 11.9 Å². The molecule has 0 radical (unpaired) electrons. The number of hydrogen-bond acceptors (Lipinski definition) is 4. The summed E-state index contributed by atoms with van der Waals surface area (Å²) in [5, 5.41) is 2.70. The van der Waals surface area contributed by atoms with Crippen LogP contribution >= 0.6 is 0 Å². The van der Waals surface area contributed by atoms with Gasteiger partial charge in [-0.15, -0.1) is 0 Å². The Morgan fingerprint density at radius 2 is 1.88 bits per heavy atom. The first-order valence-electron chi connectivity index (χ1n) is 6.46. The van der Waals surface area contributed by atoms with Crippen molar-refractivity contribution in [2.24, 2.45) is 11.7 Å². The number of nitrogens with one attached hydrogen (secondary N) is 1. The summed E-state index contributed by atoms with van der Waals surface area (Å²) in [6.07, 6.45) is 0. The molecule has 3 N–H and O–H groups in total. The molecule has 1 aliphatic heterocycles. The van der Waals surface area contributed by atoms with E-state index in [1.54, 1.807) is 7.05 Å². The third-order valence-electron chi connectivity index (χ3n) is 3.55. The lowest BCUT2D eigenvalue weighted by atomic mass is 10.1. The van der Waals surface area contributed by atoms with Crippen LogP contribution in [-0.4, -0.2) is 68.1 Å². The van der Waals surface area contributed by atoms with Crippen molar-refractivity contribution in [2.45, 2.75) is 19.9 Å². The van der Waals surface area contributed by atoms with E-state index in [4.69, 9.17) is 5.73 Å². The molecule has 0 saturated carbocycles. The van der Waals surface area contributed by atoms with Gasteiger partial charge in [-0.1, -0.05) is 6.92 Å². The lowest BCUT2D eigenvalue weighted by molar-refractivity contribution is -0.126. The molecular weight excluding hydrogens is 216 g/mol. The summed E-state index contributed by atoms with van der Waals surface area (Å²) in [5.74, 6) is 0.659. The SMILES string of the molecule is CNC(=O)C(C)N1CCN(CC(C)CN)CC1. The molecule has 0 bridgehead atoms. The van der Waals surface area contributed by atoms with E-state index in [1.165, 1.54) is 0 Å². The molecule has 1 heterocycles. The number of hydrogen-bond donors (Lipinski definition) is 2. The van der Waals surface area contributed by atoms with Crippen LogP contribution in [0.4, 0.5) is 0 Å². The molecule has 1 saturated heterocycles. The fourth-order valence-electron chi connectivity index (χ4n) is 2.22. The Balaban J connectivity index is 2.32. The first kappa shape index (κ1) is 14.4. The highest BCUT2D eigenvalue weighted by Crippen LogP contribution is 2.08. The summed E-state index contributed by atoms with van der Waals surface area (Å²) in [4.78, 5) is 16.2. The third-order valence-corrected chi connectivity index (χ3v) is 3.55. The average molecular weight is 242 g/mol. The van der Waals surface area contributed by atoms with Crippen LogP contribution in [0.5, 0.6) is 0 Å². The molecule has 0 aromatic heterocycles. The van der Waals surface area contributed by atoms with Gasteiger partial charge in [0.1, 0.15) is 0 Å². The molecule has 5 nitrogen and oxygen atoms in total. The molecule has 100 valence electrons. The largest absolute Gasteiger partial charge is 0.358 e. The molecule has 5 heteroatoms. The smallest absolute Gasteiger partial charge is 0.236 e. The van der Waals surface area contributed by atoms with Gasteiger partial charge in [-0.2, -0.15) is 0 Å². The standard InChI is InChI=1S/C12H26N4O/c1-10(8-13)9-15-4-6-16(7-5-15)11(2)12(17)14-3/h10-11H,4-9,13H2,1-3H3,(H,14,17). The molecular formula is C12H26N4O. The molecule has 1 rings (SSSR count). The quantitative estimate of drug-likeness (QED) is 0.671. The van der Waals surface area contributed by atoms with E-state index in [0.29, 0.717) is 5.92 Å². The van der Waals surface area contributed by atoms with Crippen LogP contribution in [0.2, 0.25) is 0 Å². The number of nitrogens with zero attached hydrogens (tertiary/aromatic N) is 2. The van der Waals surface area contributed by atoms with Crippen molar-refractivity contribution in [3.05, 3.63) is 0 Å². The van der Waals surface area contributed by atoms with E-state index >= 15 is 0 Å². The second-order valence-electron chi connectivity index (χ2n) is 4.97. The van der Waals surface area contributed by atoms with Crippen LogP contribution in [0.15, 0.2) is 0 Å². The highest BCUT2D eigenvalue weighted by Gasteiger charge is 2.25. The van der Waals surface area contributed by atoms with E-state index in [1.807, 2.05) is 6.92 Å². The number of nitrogens with two attached hydrogens (primary N) is 1. The predicted octanol–water partition coefficient (Wildman–Crippen LogP) is -0.667. The van der Waals surface area contributed by atoms with Crippen molar-refractivity contribution < 1.29 is 4.79 Å². The third kappa shape index (κ3) is 4.26. The van der Waals surface area contributed by atoms with Gasteiger partial charge in [-0.05, 0) is 19.4 Å². The molecule has 17 heavy (non-hydrogen) atoms. The van der Waals surface area contributed by atoms with Gasteiger partial charge in [0.2, 0.25) is 5.91 Å². The highest BCUT2D eigenvalue weighted by molar-refractivity contribution is 5.80. The maximum absolute atomic E-state index is 11.5. The van der Waals surface area contributed by atoms with Gasteiger partial charge < -0.3 is 16.0 Å². The fourth-order valence-corrected chi connectivity index (χ4v) is 2.22. The van der Waals surface area contributed by atoms with E-state index in [9.17, 15) is 4.79 Å². The van der Waals surface area contributed by atoms with Crippen LogP contribution in [0.25, 0.3) is 0 Å². The maximum atomic E-state index is 11.5. The van der Waals surface area contributed by atoms with Gasteiger partial charge in [0.05, 0.1) is 6.04 Å². The van der Waals surface area contributed by atoms with Crippen molar-refractivity contribution in [3.8, 4) is 0 Å². The number of likely N-dealkylation sites (N-methyl/N-ethyl adjacent to an activating group) is 1. The van der Waals surface area contributed by atoms with Crippen molar-refractivity contribution in [3.63, 3.8) is 0 Å². The van der Waals surface area contributed by atoms with Gasteiger partial charge in [-0.25, -0.2) is 0 Å². The molecule has 0 spiro atoms.